The molecule has 0 amide bonds. The quantitative estimate of drug-likeness (QED) is 0.642. The van der Waals surface area contributed by atoms with E-state index in [1.807, 2.05) is 36.4 Å². The van der Waals surface area contributed by atoms with Gasteiger partial charge in [-0.3, -0.25) is 4.99 Å². The Kier molecular flexibility index (Phi) is 4.61. The van der Waals surface area contributed by atoms with Gasteiger partial charge in [-0.05, 0) is 31.0 Å². The Morgan fingerprint density at radius 3 is 2.58 bits per heavy atom. The van der Waals surface area contributed by atoms with Crippen LogP contribution >= 0.6 is 0 Å². The number of rotatable bonds is 3. The minimum absolute atomic E-state index is 0.0663. The van der Waals surface area contributed by atoms with E-state index in [0.717, 1.165) is 36.8 Å². The van der Waals surface area contributed by atoms with Crippen molar-refractivity contribution in [3.63, 3.8) is 0 Å². The first-order valence-electron chi connectivity index (χ1n) is 9.10. The molecule has 1 fully saturated rings. The van der Waals surface area contributed by atoms with Crippen LogP contribution in [0.2, 0.25) is 0 Å². The van der Waals surface area contributed by atoms with Crippen LogP contribution in [0, 0.1) is 5.82 Å². The van der Waals surface area contributed by atoms with E-state index in [-0.39, 0.29) is 11.7 Å². The van der Waals surface area contributed by atoms with Gasteiger partial charge in [-0.2, -0.15) is 0 Å². The zero-order valence-electron chi connectivity index (χ0n) is 14.6. The largest absolute Gasteiger partial charge is 0.494 e. The number of nitrogens with zero attached hydrogens (tertiary/aromatic N) is 2. The summed E-state index contributed by atoms with van der Waals surface area (Å²) in [6, 6.07) is 12.7. The van der Waals surface area contributed by atoms with E-state index >= 15 is 0 Å². The summed E-state index contributed by atoms with van der Waals surface area (Å²) in [5.41, 5.74) is 2.64. The third-order valence-corrected chi connectivity index (χ3v) is 4.95. The Labute approximate surface area is 152 Å². The predicted octanol–water partition coefficient (Wildman–Crippen LogP) is 5.14. The molecular formula is C21H22FN3O. The van der Waals surface area contributed by atoms with E-state index in [1.165, 1.54) is 18.9 Å². The van der Waals surface area contributed by atoms with Gasteiger partial charge in [-0.1, -0.05) is 31.0 Å². The smallest absolute Gasteiger partial charge is 0.198 e. The molecular weight excluding hydrogens is 329 g/mol. The molecule has 1 aliphatic heterocycles. The molecule has 0 atom stereocenters. The second-order valence-corrected chi connectivity index (χ2v) is 6.73. The lowest BCUT2D eigenvalue weighted by Gasteiger charge is -2.23. The Balaban J connectivity index is 1.59. The Bertz CT molecular complexity index is 940. The van der Waals surface area contributed by atoms with Crippen molar-refractivity contribution in [1.29, 1.82) is 0 Å². The van der Waals surface area contributed by atoms with Crippen molar-refractivity contribution in [2.24, 2.45) is 4.99 Å². The second-order valence-electron chi connectivity index (χ2n) is 6.73. The number of hydrogen-bond acceptors (Lipinski definition) is 3. The number of H-pyrrole nitrogens is 1. The molecule has 3 aromatic rings. The van der Waals surface area contributed by atoms with E-state index in [4.69, 9.17) is 0 Å². The van der Waals surface area contributed by atoms with Crippen LogP contribution in [-0.2, 0) is 0 Å². The number of aromatic hydroxyl groups is 1. The molecule has 5 heteroatoms. The Morgan fingerprint density at radius 2 is 1.81 bits per heavy atom. The first-order chi connectivity index (χ1) is 12.7. The van der Waals surface area contributed by atoms with Gasteiger partial charge in [-0.25, -0.2) is 4.39 Å². The second kappa shape index (κ2) is 7.20. The standard InChI is InChI=1S/C21H22FN3O/c22-18-13-15(9-10-20(18)25-11-5-1-2-6-12-25)23-14-17-16-7-3-4-8-19(16)24-21(17)26/h3-4,7-10,13-14,24,26H,1-2,5-6,11-12H2. The molecule has 1 aliphatic rings. The molecule has 0 aliphatic carbocycles. The van der Waals surface area contributed by atoms with Gasteiger partial charge in [-0.15, -0.1) is 0 Å². The molecule has 0 saturated carbocycles. The molecule has 1 aromatic heterocycles. The van der Waals surface area contributed by atoms with Crippen molar-refractivity contribution >= 4 is 28.5 Å². The fourth-order valence-corrected chi connectivity index (χ4v) is 3.56. The fraction of sp³-hybridized carbons (Fsp3) is 0.286. The van der Waals surface area contributed by atoms with Crippen molar-refractivity contribution in [2.45, 2.75) is 25.7 Å². The van der Waals surface area contributed by atoms with Crippen molar-refractivity contribution in [2.75, 3.05) is 18.0 Å². The number of para-hydroxylation sites is 1. The lowest BCUT2D eigenvalue weighted by molar-refractivity contribution is 0.457. The van der Waals surface area contributed by atoms with E-state index in [1.54, 1.807) is 6.21 Å². The minimum Gasteiger partial charge on any atom is -0.494 e. The lowest BCUT2D eigenvalue weighted by atomic mass is 10.2. The van der Waals surface area contributed by atoms with Crippen LogP contribution in [0.25, 0.3) is 10.9 Å². The van der Waals surface area contributed by atoms with E-state index in [2.05, 4.69) is 14.9 Å². The van der Waals surface area contributed by atoms with Gasteiger partial charge in [0, 0.05) is 36.3 Å². The third kappa shape index (κ3) is 3.29. The first-order valence-corrected chi connectivity index (χ1v) is 9.10. The zero-order chi connectivity index (χ0) is 17.9. The number of nitrogens with one attached hydrogen (secondary N) is 1. The van der Waals surface area contributed by atoms with Gasteiger partial charge in [0.1, 0.15) is 5.82 Å². The number of aromatic nitrogens is 1. The van der Waals surface area contributed by atoms with Crippen LogP contribution in [0.4, 0.5) is 15.8 Å². The minimum atomic E-state index is -0.246. The molecule has 2 aromatic carbocycles. The highest BCUT2D eigenvalue weighted by Crippen LogP contribution is 2.28. The Hall–Kier alpha value is -2.82. The van der Waals surface area contributed by atoms with Gasteiger partial charge in [0.2, 0.25) is 0 Å². The highest BCUT2D eigenvalue weighted by atomic mass is 19.1. The molecule has 26 heavy (non-hydrogen) atoms. The van der Waals surface area contributed by atoms with Crippen LogP contribution in [0.3, 0.4) is 0 Å². The number of aliphatic imine (C=N–C) groups is 1. The van der Waals surface area contributed by atoms with Crippen LogP contribution in [0.15, 0.2) is 47.5 Å². The van der Waals surface area contributed by atoms with Gasteiger partial charge >= 0.3 is 0 Å². The van der Waals surface area contributed by atoms with Gasteiger partial charge in [0.05, 0.1) is 16.9 Å². The van der Waals surface area contributed by atoms with Gasteiger partial charge < -0.3 is 15.0 Å². The summed E-state index contributed by atoms with van der Waals surface area (Å²) in [6.07, 6.45) is 6.23. The average molecular weight is 351 g/mol. The maximum absolute atomic E-state index is 14.6. The van der Waals surface area contributed by atoms with Crippen LogP contribution in [0.1, 0.15) is 31.2 Å². The normalized spacial score (nSPS) is 15.7. The van der Waals surface area contributed by atoms with Gasteiger partial charge in [0.15, 0.2) is 5.88 Å². The average Bonchev–Trinajstić information content (AvgIpc) is 2.81. The maximum atomic E-state index is 14.6. The predicted molar refractivity (Wildman–Crippen MR) is 104 cm³/mol. The molecule has 4 rings (SSSR count). The molecule has 0 unspecified atom stereocenters. The molecule has 1 saturated heterocycles. The summed E-state index contributed by atoms with van der Waals surface area (Å²) >= 11 is 0. The zero-order valence-corrected chi connectivity index (χ0v) is 14.6. The number of hydrogen-bond donors (Lipinski definition) is 2. The van der Waals surface area contributed by atoms with E-state index < -0.39 is 0 Å². The monoisotopic (exact) mass is 351 g/mol. The van der Waals surface area contributed by atoms with Gasteiger partial charge in [0.25, 0.3) is 0 Å². The lowest BCUT2D eigenvalue weighted by Crippen LogP contribution is -2.24. The molecule has 0 spiro atoms. The number of benzene rings is 2. The first kappa shape index (κ1) is 16.6. The molecule has 4 nitrogen and oxygen atoms in total. The molecule has 0 radical (unpaired) electrons. The number of fused-ring (bicyclic) bond motifs is 1. The van der Waals surface area contributed by atoms with E-state index in [9.17, 15) is 9.50 Å². The molecule has 2 heterocycles. The van der Waals surface area contributed by atoms with Crippen molar-refractivity contribution in [1.82, 2.24) is 4.98 Å². The highest BCUT2D eigenvalue weighted by Gasteiger charge is 2.14. The van der Waals surface area contributed by atoms with Crippen LogP contribution < -0.4 is 4.90 Å². The fourth-order valence-electron chi connectivity index (χ4n) is 3.56. The summed E-state index contributed by atoms with van der Waals surface area (Å²) in [4.78, 5) is 9.40. The molecule has 134 valence electrons. The van der Waals surface area contributed by atoms with Crippen molar-refractivity contribution < 1.29 is 9.50 Å². The van der Waals surface area contributed by atoms with Crippen LogP contribution in [-0.4, -0.2) is 29.4 Å². The SMILES string of the molecule is Oc1[nH]c2ccccc2c1C=Nc1ccc(N2CCCCCC2)c(F)c1. The topological polar surface area (TPSA) is 51.6 Å². The van der Waals surface area contributed by atoms with Crippen molar-refractivity contribution in [3.05, 3.63) is 53.8 Å². The summed E-state index contributed by atoms with van der Waals surface area (Å²) in [6.45, 7) is 1.81. The van der Waals surface area contributed by atoms with E-state index in [0.29, 0.717) is 16.9 Å². The summed E-state index contributed by atoms with van der Waals surface area (Å²) < 4.78 is 14.6. The molecule has 2 N–H and O–H groups in total. The van der Waals surface area contributed by atoms with Crippen LogP contribution in [0.5, 0.6) is 5.88 Å². The number of halogens is 1. The summed E-state index contributed by atoms with van der Waals surface area (Å²) in [7, 11) is 0. The highest BCUT2D eigenvalue weighted by molar-refractivity contribution is 6.02. The van der Waals surface area contributed by atoms with Crippen molar-refractivity contribution in [3.8, 4) is 5.88 Å². The molecule has 0 bridgehead atoms. The summed E-state index contributed by atoms with van der Waals surface area (Å²) in [5, 5.41) is 11.0. The third-order valence-electron chi connectivity index (χ3n) is 4.95. The summed E-state index contributed by atoms with van der Waals surface area (Å²) in [5.74, 6) is -0.179. The maximum Gasteiger partial charge on any atom is 0.198 e. The number of anilines is 1. The Morgan fingerprint density at radius 1 is 1.04 bits per heavy atom. The number of aromatic amines is 1.